The van der Waals surface area contributed by atoms with Crippen molar-refractivity contribution >= 4 is 11.5 Å². The Labute approximate surface area is 76.8 Å². The molecule has 0 heterocycles. The Morgan fingerprint density at radius 1 is 1.54 bits per heavy atom. The zero-order valence-corrected chi connectivity index (χ0v) is 7.51. The number of halogens is 1. The third-order valence-corrected chi connectivity index (χ3v) is 1.69. The van der Waals surface area contributed by atoms with Crippen LogP contribution in [-0.4, -0.2) is 19.0 Å². The molecular formula is C10H12FNO. The van der Waals surface area contributed by atoms with Crippen molar-refractivity contribution in [2.75, 3.05) is 18.5 Å². The molecule has 0 atom stereocenters. The zero-order valence-electron chi connectivity index (χ0n) is 7.51. The third-order valence-electron chi connectivity index (χ3n) is 1.69. The molecule has 0 aromatic heterocycles. The maximum absolute atomic E-state index is 11.8. The van der Waals surface area contributed by atoms with E-state index in [-0.39, 0.29) is 12.3 Å². The fourth-order valence-electron chi connectivity index (χ4n) is 1.04. The number of Topliss-reactive ketones (excluding diaryl/α,β-unsaturated/α-hetero) is 1. The van der Waals surface area contributed by atoms with Crippen molar-refractivity contribution in [1.29, 1.82) is 0 Å². The summed E-state index contributed by atoms with van der Waals surface area (Å²) in [4.78, 5) is 11.0. The summed E-state index contributed by atoms with van der Waals surface area (Å²) in [5, 5.41) is 2.86. The number of ketones is 1. The van der Waals surface area contributed by atoms with Crippen molar-refractivity contribution in [2.45, 2.75) is 6.92 Å². The number of carbonyl (C=O) groups excluding carboxylic acids is 1. The third kappa shape index (κ3) is 2.86. The summed E-state index contributed by atoms with van der Waals surface area (Å²) in [5.41, 5.74) is 1.43. The number of carbonyl (C=O) groups is 1. The van der Waals surface area contributed by atoms with Gasteiger partial charge in [-0.1, -0.05) is 12.1 Å². The van der Waals surface area contributed by atoms with Gasteiger partial charge in [-0.15, -0.1) is 0 Å². The largest absolute Gasteiger partial charge is 0.382 e. The maximum Gasteiger partial charge on any atom is 0.159 e. The molecule has 0 saturated carbocycles. The average Bonchev–Trinajstić information content (AvgIpc) is 2.15. The van der Waals surface area contributed by atoms with Gasteiger partial charge in [-0.3, -0.25) is 4.79 Å². The smallest absolute Gasteiger partial charge is 0.159 e. The van der Waals surface area contributed by atoms with Crippen molar-refractivity contribution in [2.24, 2.45) is 0 Å². The number of alkyl halides is 1. The zero-order chi connectivity index (χ0) is 9.68. The monoisotopic (exact) mass is 181 g/mol. The molecule has 0 aliphatic carbocycles. The van der Waals surface area contributed by atoms with E-state index in [4.69, 9.17) is 0 Å². The fraction of sp³-hybridized carbons (Fsp3) is 0.300. The van der Waals surface area contributed by atoms with Crippen molar-refractivity contribution in [3.63, 3.8) is 0 Å². The molecular weight excluding hydrogens is 169 g/mol. The second kappa shape index (κ2) is 4.60. The molecule has 0 bridgehead atoms. The van der Waals surface area contributed by atoms with Crippen LogP contribution in [0.3, 0.4) is 0 Å². The highest BCUT2D eigenvalue weighted by Crippen LogP contribution is 2.10. The van der Waals surface area contributed by atoms with Gasteiger partial charge in [0.2, 0.25) is 0 Å². The first kappa shape index (κ1) is 9.71. The van der Waals surface area contributed by atoms with E-state index in [1.54, 1.807) is 18.2 Å². The van der Waals surface area contributed by atoms with Gasteiger partial charge in [0, 0.05) is 17.8 Å². The van der Waals surface area contributed by atoms with Crippen LogP contribution in [0.15, 0.2) is 24.3 Å². The van der Waals surface area contributed by atoms with Crippen LogP contribution in [0.1, 0.15) is 17.3 Å². The van der Waals surface area contributed by atoms with Gasteiger partial charge < -0.3 is 5.32 Å². The van der Waals surface area contributed by atoms with Crippen molar-refractivity contribution in [3.05, 3.63) is 29.8 Å². The predicted molar refractivity (Wildman–Crippen MR) is 50.9 cm³/mol. The highest BCUT2D eigenvalue weighted by Gasteiger charge is 1.99. The first-order valence-electron chi connectivity index (χ1n) is 4.15. The Morgan fingerprint density at radius 3 is 2.92 bits per heavy atom. The number of benzene rings is 1. The Bertz CT molecular complexity index is 299. The molecule has 0 amide bonds. The van der Waals surface area contributed by atoms with E-state index in [2.05, 4.69) is 5.32 Å². The molecule has 0 unspecified atom stereocenters. The van der Waals surface area contributed by atoms with Gasteiger partial charge in [-0.2, -0.15) is 0 Å². The fourth-order valence-corrected chi connectivity index (χ4v) is 1.04. The van der Waals surface area contributed by atoms with Crippen LogP contribution in [-0.2, 0) is 0 Å². The molecule has 0 radical (unpaired) electrons. The molecule has 0 aliphatic heterocycles. The number of anilines is 1. The maximum atomic E-state index is 11.8. The Kier molecular flexibility index (Phi) is 3.43. The van der Waals surface area contributed by atoms with Crippen molar-refractivity contribution in [3.8, 4) is 0 Å². The molecule has 3 heteroatoms. The lowest BCUT2D eigenvalue weighted by Crippen LogP contribution is -2.03. The highest BCUT2D eigenvalue weighted by molar-refractivity contribution is 5.94. The molecule has 0 saturated heterocycles. The van der Waals surface area contributed by atoms with Gasteiger partial charge in [-0.05, 0) is 19.1 Å². The average molecular weight is 181 g/mol. The van der Waals surface area contributed by atoms with Crippen LogP contribution >= 0.6 is 0 Å². The van der Waals surface area contributed by atoms with Gasteiger partial charge in [0.05, 0.1) is 0 Å². The molecule has 2 nitrogen and oxygen atoms in total. The minimum atomic E-state index is -0.412. The SMILES string of the molecule is CC(=O)c1cccc(NCCF)c1. The van der Waals surface area contributed by atoms with E-state index >= 15 is 0 Å². The Hall–Kier alpha value is -1.38. The number of hydrogen-bond acceptors (Lipinski definition) is 2. The van der Waals surface area contributed by atoms with Crippen LogP contribution in [0.25, 0.3) is 0 Å². The summed E-state index contributed by atoms with van der Waals surface area (Å²) in [6.45, 7) is 1.37. The van der Waals surface area contributed by atoms with Crippen LogP contribution < -0.4 is 5.32 Å². The normalized spacial score (nSPS) is 9.69. The van der Waals surface area contributed by atoms with Crippen LogP contribution in [0.2, 0.25) is 0 Å². The minimum absolute atomic E-state index is 0.0175. The van der Waals surface area contributed by atoms with Gasteiger partial charge in [0.25, 0.3) is 0 Å². The number of hydrogen-bond donors (Lipinski definition) is 1. The lowest BCUT2D eigenvalue weighted by Gasteiger charge is -2.04. The van der Waals surface area contributed by atoms with Gasteiger partial charge in [-0.25, -0.2) is 4.39 Å². The summed E-state index contributed by atoms with van der Waals surface area (Å²) in [5.74, 6) is 0.0175. The van der Waals surface area contributed by atoms with Crippen molar-refractivity contribution < 1.29 is 9.18 Å². The number of rotatable bonds is 4. The first-order chi connectivity index (χ1) is 6.24. The van der Waals surface area contributed by atoms with E-state index in [9.17, 15) is 9.18 Å². The van der Waals surface area contributed by atoms with Crippen LogP contribution in [0, 0.1) is 0 Å². The molecule has 1 rings (SSSR count). The van der Waals surface area contributed by atoms with Crippen molar-refractivity contribution in [1.82, 2.24) is 0 Å². The summed E-state index contributed by atoms with van der Waals surface area (Å²) in [6, 6.07) is 7.04. The first-order valence-corrected chi connectivity index (χ1v) is 4.15. The number of nitrogens with one attached hydrogen (secondary N) is 1. The van der Waals surface area contributed by atoms with Gasteiger partial charge in [0.15, 0.2) is 5.78 Å². The summed E-state index contributed by atoms with van der Waals surface area (Å²) in [6.07, 6.45) is 0. The summed E-state index contributed by atoms with van der Waals surface area (Å²) in [7, 11) is 0. The van der Waals surface area contributed by atoms with Crippen LogP contribution in [0.5, 0.6) is 0 Å². The topological polar surface area (TPSA) is 29.1 Å². The van der Waals surface area contributed by atoms with E-state index in [0.717, 1.165) is 5.69 Å². The standard InChI is InChI=1S/C10H12FNO/c1-8(13)9-3-2-4-10(7-9)12-6-5-11/h2-4,7,12H,5-6H2,1H3. The summed E-state index contributed by atoms with van der Waals surface area (Å²) >= 11 is 0. The second-order valence-corrected chi connectivity index (χ2v) is 2.75. The Morgan fingerprint density at radius 2 is 2.31 bits per heavy atom. The van der Waals surface area contributed by atoms with Crippen LogP contribution in [0.4, 0.5) is 10.1 Å². The quantitative estimate of drug-likeness (QED) is 0.722. The van der Waals surface area contributed by atoms with E-state index in [1.165, 1.54) is 6.92 Å². The molecule has 1 N–H and O–H groups in total. The molecule has 1 aromatic carbocycles. The highest BCUT2D eigenvalue weighted by atomic mass is 19.1. The van der Waals surface area contributed by atoms with Gasteiger partial charge >= 0.3 is 0 Å². The predicted octanol–water partition coefficient (Wildman–Crippen LogP) is 2.27. The Balaban J connectivity index is 2.73. The molecule has 0 fully saturated rings. The second-order valence-electron chi connectivity index (χ2n) is 2.75. The van der Waals surface area contributed by atoms with E-state index in [0.29, 0.717) is 5.56 Å². The summed E-state index contributed by atoms with van der Waals surface area (Å²) < 4.78 is 11.8. The minimum Gasteiger partial charge on any atom is -0.382 e. The molecule has 0 spiro atoms. The molecule has 13 heavy (non-hydrogen) atoms. The molecule has 1 aromatic rings. The van der Waals surface area contributed by atoms with E-state index < -0.39 is 6.67 Å². The molecule has 0 aliphatic rings. The lowest BCUT2D eigenvalue weighted by molar-refractivity contribution is 0.101. The van der Waals surface area contributed by atoms with Gasteiger partial charge in [0.1, 0.15) is 6.67 Å². The van der Waals surface area contributed by atoms with E-state index in [1.807, 2.05) is 6.07 Å². The lowest BCUT2D eigenvalue weighted by atomic mass is 10.1. The molecule has 70 valence electrons.